The van der Waals surface area contributed by atoms with Gasteiger partial charge < -0.3 is 5.32 Å². The van der Waals surface area contributed by atoms with E-state index in [1.165, 1.54) is 0 Å². The molecule has 0 bridgehead atoms. The number of guanidine groups is 1. The normalized spacial score (nSPS) is 24.4. The Morgan fingerprint density at radius 1 is 1.28 bits per heavy atom. The fraction of sp³-hybridized carbons (Fsp3) is 0.167. The molecule has 6 heteroatoms. The van der Waals surface area contributed by atoms with Crippen LogP contribution in [0.4, 0.5) is 5.69 Å². The number of nitrogens with one attached hydrogen (secondary N) is 3. The number of aliphatic imine (C=N–C) groups is 1. The lowest BCUT2D eigenvalue weighted by Crippen LogP contribution is -2.53. The van der Waals surface area contributed by atoms with Crippen molar-refractivity contribution in [1.82, 2.24) is 21.1 Å². The number of carbonyl (C=O) groups excluding carboxylic acids is 1. The summed E-state index contributed by atoms with van der Waals surface area (Å²) in [6, 6.07) is 9.64. The van der Waals surface area contributed by atoms with Crippen LogP contribution in [0.5, 0.6) is 0 Å². The molecule has 0 radical (unpaired) electrons. The van der Waals surface area contributed by atoms with Crippen LogP contribution < -0.4 is 16.2 Å². The van der Waals surface area contributed by atoms with Crippen molar-refractivity contribution in [3.63, 3.8) is 0 Å². The molecule has 1 unspecified atom stereocenters. The van der Waals surface area contributed by atoms with Gasteiger partial charge in [-0.1, -0.05) is 18.2 Å². The van der Waals surface area contributed by atoms with Gasteiger partial charge in [-0.15, -0.1) is 0 Å². The lowest BCUT2D eigenvalue weighted by atomic mass is 10.3. The van der Waals surface area contributed by atoms with E-state index < -0.39 is 0 Å². The monoisotopic (exact) mass is 243 g/mol. The summed E-state index contributed by atoms with van der Waals surface area (Å²) in [5.41, 5.74) is 7.63. The topological polar surface area (TPSA) is 68.8 Å². The minimum atomic E-state index is -0.287. The third-order valence-electron chi connectivity index (χ3n) is 2.80. The molecule has 1 atom stereocenters. The van der Waals surface area contributed by atoms with Crippen LogP contribution in [0.25, 0.3) is 0 Å². The first-order valence-electron chi connectivity index (χ1n) is 5.67. The number of hydrogen-bond donors (Lipinski definition) is 3. The highest BCUT2D eigenvalue weighted by molar-refractivity contribution is 5.94. The number of benzene rings is 1. The van der Waals surface area contributed by atoms with E-state index in [0.717, 1.165) is 11.4 Å². The second-order valence-corrected chi connectivity index (χ2v) is 4.11. The summed E-state index contributed by atoms with van der Waals surface area (Å²) >= 11 is 0. The number of hydrogen-bond acceptors (Lipinski definition) is 3. The molecule has 1 aromatic rings. The van der Waals surface area contributed by atoms with Gasteiger partial charge in [0.1, 0.15) is 0 Å². The first-order valence-corrected chi connectivity index (χ1v) is 5.67. The average Bonchev–Trinajstić information content (AvgIpc) is 2.73. The van der Waals surface area contributed by atoms with Crippen molar-refractivity contribution in [2.45, 2.75) is 13.2 Å². The van der Waals surface area contributed by atoms with Crippen LogP contribution in [0.2, 0.25) is 0 Å². The molecule has 1 fully saturated rings. The Labute approximate surface area is 104 Å². The first kappa shape index (κ1) is 10.8. The standard InChI is InChI=1S/C12H13N5O/c1-8-7-10(18)14-12-16-15-11(17(8)12)13-9-5-3-2-4-6-9/h2-7,12,16H,1H3,(H,13,15)(H,14,18). The summed E-state index contributed by atoms with van der Waals surface area (Å²) in [7, 11) is 0. The molecule has 2 aliphatic heterocycles. The Hall–Kier alpha value is -2.34. The number of nitrogens with zero attached hydrogens (tertiary/aromatic N) is 2. The molecule has 2 aliphatic rings. The predicted octanol–water partition coefficient (Wildman–Crippen LogP) is 0.401. The maximum atomic E-state index is 11.4. The second-order valence-electron chi connectivity index (χ2n) is 4.11. The SMILES string of the molecule is CC1=CC(=O)NC2NNC(=Nc3ccccc3)N12. The molecule has 0 saturated carbocycles. The lowest BCUT2D eigenvalue weighted by molar-refractivity contribution is -0.118. The second kappa shape index (κ2) is 4.15. The van der Waals surface area contributed by atoms with E-state index in [2.05, 4.69) is 21.2 Å². The van der Waals surface area contributed by atoms with E-state index in [1.807, 2.05) is 42.2 Å². The molecule has 18 heavy (non-hydrogen) atoms. The Balaban J connectivity index is 1.93. The zero-order chi connectivity index (χ0) is 12.5. The van der Waals surface area contributed by atoms with E-state index in [1.54, 1.807) is 6.08 Å². The first-order chi connectivity index (χ1) is 8.74. The van der Waals surface area contributed by atoms with Crippen LogP contribution in [0, 0.1) is 0 Å². The number of carbonyl (C=O) groups is 1. The van der Waals surface area contributed by atoms with Gasteiger partial charge in [-0.3, -0.25) is 15.1 Å². The molecule has 0 aromatic heterocycles. The van der Waals surface area contributed by atoms with Gasteiger partial charge in [-0.2, -0.15) is 5.43 Å². The van der Waals surface area contributed by atoms with Crippen molar-refractivity contribution in [1.29, 1.82) is 0 Å². The van der Waals surface area contributed by atoms with Crippen LogP contribution >= 0.6 is 0 Å². The smallest absolute Gasteiger partial charge is 0.248 e. The summed E-state index contributed by atoms with van der Waals surface area (Å²) in [4.78, 5) is 17.8. The van der Waals surface area contributed by atoms with Crippen molar-refractivity contribution in [3.05, 3.63) is 42.1 Å². The van der Waals surface area contributed by atoms with E-state index in [9.17, 15) is 4.79 Å². The fourth-order valence-corrected chi connectivity index (χ4v) is 1.99. The zero-order valence-corrected chi connectivity index (χ0v) is 9.84. The summed E-state index contributed by atoms with van der Waals surface area (Å²) < 4.78 is 0. The van der Waals surface area contributed by atoms with Gasteiger partial charge in [-0.05, 0) is 19.1 Å². The molecule has 2 heterocycles. The van der Waals surface area contributed by atoms with Gasteiger partial charge in [0.2, 0.25) is 11.9 Å². The maximum absolute atomic E-state index is 11.4. The molecule has 3 N–H and O–H groups in total. The molecule has 92 valence electrons. The van der Waals surface area contributed by atoms with Crippen LogP contribution in [0.3, 0.4) is 0 Å². The number of fused-ring (bicyclic) bond motifs is 1. The van der Waals surface area contributed by atoms with Gasteiger partial charge in [0.25, 0.3) is 0 Å². The number of para-hydroxylation sites is 1. The fourth-order valence-electron chi connectivity index (χ4n) is 1.99. The summed E-state index contributed by atoms with van der Waals surface area (Å²) in [6.07, 6.45) is 1.26. The molecule has 1 amide bonds. The van der Waals surface area contributed by atoms with Crippen molar-refractivity contribution in [2.24, 2.45) is 4.99 Å². The Morgan fingerprint density at radius 3 is 2.83 bits per heavy atom. The molecular weight excluding hydrogens is 230 g/mol. The molecule has 3 rings (SSSR count). The largest absolute Gasteiger partial charge is 0.318 e. The van der Waals surface area contributed by atoms with Crippen LogP contribution in [0.1, 0.15) is 6.92 Å². The molecule has 1 aromatic carbocycles. The van der Waals surface area contributed by atoms with Crippen molar-refractivity contribution in [2.75, 3.05) is 0 Å². The van der Waals surface area contributed by atoms with Gasteiger partial charge in [0.05, 0.1) is 5.69 Å². The zero-order valence-electron chi connectivity index (χ0n) is 9.84. The average molecular weight is 243 g/mol. The molecule has 1 saturated heterocycles. The van der Waals surface area contributed by atoms with Gasteiger partial charge in [-0.25, -0.2) is 4.99 Å². The van der Waals surface area contributed by atoms with Crippen LogP contribution in [0.15, 0.2) is 47.1 Å². The highest BCUT2D eigenvalue weighted by Gasteiger charge is 2.34. The summed E-state index contributed by atoms with van der Waals surface area (Å²) in [5.74, 6) is 0.559. The van der Waals surface area contributed by atoms with Gasteiger partial charge in [0, 0.05) is 11.8 Å². The highest BCUT2D eigenvalue weighted by atomic mass is 16.2. The van der Waals surface area contributed by atoms with Crippen LogP contribution in [-0.4, -0.2) is 23.1 Å². The quantitative estimate of drug-likeness (QED) is 0.668. The number of rotatable bonds is 1. The van der Waals surface area contributed by atoms with E-state index in [0.29, 0.717) is 5.96 Å². The highest BCUT2D eigenvalue weighted by Crippen LogP contribution is 2.18. The third kappa shape index (κ3) is 1.82. The number of allylic oxidation sites excluding steroid dienone is 1. The number of hydrazine groups is 1. The van der Waals surface area contributed by atoms with E-state index in [-0.39, 0.29) is 12.2 Å². The van der Waals surface area contributed by atoms with Gasteiger partial charge >= 0.3 is 0 Å². The number of amides is 1. The van der Waals surface area contributed by atoms with E-state index in [4.69, 9.17) is 0 Å². The predicted molar refractivity (Wildman–Crippen MR) is 67.3 cm³/mol. The molecule has 0 aliphatic carbocycles. The van der Waals surface area contributed by atoms with Crippen LogP contribution in [-0.2, 0) is 4.79 Å². The minimum Gasteiger partial charge on any atom is -0.318 e. The van der Waals surface area contributed by atoms with Gasteiger partial charge in [0.15, 0.2) is 6.29 Å². The molecule has 6 nitrogen and oxygen atoms in total. The summed E-state index contributed by atoms with van der Waals surface area (Å²) in [5, 5.41) is 2.78. The van der Waals surface area contributed by atoms with Crippen molar-refractivity contribution in [3.8, 4) is 0 Å². The Bertz CT molecular complexity index is 537. The van der Waals surface area contributed by atoms with Crippen molar-refractivity contribution < 1.29 is 4.79 Å². The Morgan fingerprint density at radius 2 is 2.06 bits per heavy atom. The minimum absolute atomic E-state index is 0.107. The maximum Gasteiger partial charge on any atom is 0.248 e. The van der Waals surface area contributed by atoms with Crippen molar-refractivity contribution >= 4 is 17.6 Å². The lowest BCUT2D eigenvalue weighted by Gasteiger charge is -2.28. The van der Waals surface area contributed by atoms with E-state index >= 15 is 0 Å². The molecular formula is C12H13N5O. The summed E-state index contributed by atoms with van der Waals surface area (Å²) in [6.45, 7) is 1.88. The Kier molecular flexibility index (Phi) is 2.49. The third-order valence-corrected chi connectivity index (χ3v) is 2.80. The molecule has 0 spiro atoms.